The van der Waals surface area contributed by atoms with Crippen LogP contribution in [0.5, 0.6) is 0 Å². The molecule has 0 fully saturated rings. The molecule has 26 heteroatoms. The lowest BCUT2D eigenvalue weighted by atomic mass is 10.1. The topological polar surface area (TPSA) is 271 Å². The van der Waals surface area contributed by atoms with Gasteiger partial charge in [0.25, 0.3) is 0 Å². The normalized spacial score (nSPS) is 11.4. The smallest absolute Gasteiger partial charge is 0.411 e. The third kappa shape index (κ3) is 16.3. The number of fused-ring (bicyclic) bond motifs is 5. The minimum atomic E-state index is -3.18. The minimum Gasteiger partial charge on any atom is -0.453 e. The van der Waals surface area contributed by atoms with Gasteiger partial charge in [-0.25, -0.2) is 38.1 Å². The second-order valence-electron chi connectivity index (χ2n) is 24.9. The lowest BCUT2D eigenvalue weighted by molar-refractivity contribution is 0.187. The van der Waals surface area contributed by atoms with Gasteiger partial charge in [0.15, 0.2) is 49.7 Å². The molecule has 504 valence electrons. The second-order valence-corrected chi connectivity index (χ2v) is 26.9. The number of imidazole rings is 5. The molecule has 1 aromatic carbocycles. The number of rotatable bonds is 15. The van der Waals surface area contributed by atoms with Gasteiger partial charge in [-0.3, -0.25) is 19.8 Å². The zero-order valence-corrected chi connectivity index (χ0v) is 58.2. The van der Waals surface area contributed by atoms with Crippen molar-refractivity contribution in [3.63, 3.8) is 0 Å². The van der Waals surface area contributed by atoms with Crippen molar-refractivity contribution in [2.75, 3.05) is 39.9 Å². The van der Waals surface area contributed by atoms with Crippen LogP contribution in [0.15, 0.2) is 183 Å². The molecule has 14 rings (SSSR count). The summed E-state index contributed by atoms with van der Waals surface area (Å²) in [4.78, 5) is 33.9. The van der Waals surface area contributed by atoms with E-state index in [1.807, 2.05) is 167 Å². The van der Waals surface area contributed by atoms with Crippen LogP contribution in [0.2, 0.25) is 0 Å². The van der Waals surface area contributed by atoms with Crippen LogP contribution in [0.3, 0.4) is 0 Å². The summed E-state index contributed by atoms with van der Waals surface area (Å²) in [6.07, 6.45) is 25.9. The van der Waals surface area contributed by atoms with Crippen LogP contribution in [-0.2, 0) is 28.7 Å². The van der Waals surface area contributed by atoms with Gasteiger partial charge >= 0.3 is 6.09 Å². The number of aryl methyl sites for hydroxylation is 3. The fourth-order valence-electron chi connectivity index (χ4n) is 10.8. The molecule has 0 unspecified atom stereocenters. The Bertz CT molecular complexity index is 4780. The maximum Gasteiger partial charge on any atom is 0.411 e. The van der Waals surface area contributed by atoms with E-state index in [-0.39, 0.29) is 0 Å². The van der Waals surface area contributed by atoms with Crippen LogP contribution in [0.25, 0.3) is 28.2 Å². The number of sulfone groups is 1. The zero-order valence-electron chi connectivity index (χ0n) is 57.4. The van der Waals surface area contributed by atoms with Crippen molar-refractivity contribution in [3.05, 3.63) is 212 Å². The molecule has 6 N–H and O–H groups in total. The summed E-state index contributed by atoms with van der Waals surface area (Å²) in [5, 5.41) is 31.5. The molecular formula is C71H85N21O4S. The second kappa shape index (κ2) is 30.0. The van der Waals surface area contributed by atoms with Crippen LogP contribution < -0.4 is 26.6 Å². The lowest BCUT2D eigenvalue weighted by Gasteiger charge is -2.10. The van der Waals surface area contributed by atoms with Crippen molar-refractivity contribution in [1.82, 2.24) is 76.7 Å². The van der Waals surface area contributed by atoms with Crippen molar-refractivity contribution in [1.29, 1.82) is 0 Å². The lowest BCUT2D eigenvalue weighted by Crippen LogP contribution is -2.12. The molecule has 0 aliphatic carbocycles. The van der Waals surface area contributed by atoms with Gasteiger partial charge in [0.05, 0.1) is 52.3 Å². The Kier molecular flexibility index (Phi) is 21.2. The number of carbonyl (C=O) groups is 1. The number of hydrogen-bond acceptors (Lipinski definition) is 16. The third-order valence-corrected chi connectivity index (χ3v) is 16.8. The van der Waals surface area contributed by atoms with E-state index < -0.39 is 15.9 Å². The highest BCUT2D eigenvalue weighted by molar-refractivity contribution is 7.90. The number of pyridine rings is 5. The van der Waals surface area contributed by atoms with Gasteiger partial charge in [0, 0.05) is 147 Å². The molecular weight excluding hydrogens is 1240 g/mol. The average molecular weight is 1330 g/mol. The van der Waals surface area contributed by atoms with Gasteiger partial charge in [-0.05, 0) is 121 Å². The molecule has 0 saturated heterocycles. The van der Waals surface area contributed by atoms with E-state index >= 15 is 0 Å². The van der Waals surface area contributed by atoms with Gasteiger partial charge in [-0.15, -0.1) is 0 Å². The first-order chi connectivity index (χ1) is 46.4. The number of ether oxygens (including phenoxy) is 1. The standard InChI is InChI=1S/C17H19N3O2S.3C14H17N5.C12H15N3O2/c1-12(2)16-11-18-17-15(5-4-10-20(16)17)19-13-6-8-14(9-7-13)23(3,21)22;1-10(2)12-9-15-14-11(5-4-7-19(12)14)16-13-6-8-18(3)17-13;1-10(2)13-8-15-14-12(5-4-6-19(13)14)17-11-7-16-18(3)9-11;1-9(2)12-8-15-14-11(5-4-6-19(12)14)16-13-7-10(3)17-18-13;1-8(2)10-7-13-11-9(14-12(16)17-3)5-4-6-15(10)11/h4-12,19H,1-3H3;4-10H,1-3H3,(H,16,17);4-10,17H,1-3H3;4-9H,1-3H3,(H2,16,17,18);4-8H,1-3H3,(H,14,16). The SMILES string of the molecule is CC(C)c1cnc2c(Nc3ccc(S(C)(=O)=O)cc3)cccn12.CC(C)c1cnc2c(Nc3ccn(C)n3)cccn12.CC(C)c1cnc2c(Nc3cnn(C)c3)cccn12.COC(=O)Nc1cccn2c(C(C)C)cnc12.Cc1cc(Nc2cccn3c(C(C)C)cnc23)n[nH]1. The van der Waals surface area contributed by atoms with Crippen LogP contribution in [-0.4, -0.2) is 105 Å². The number of hydrogen-bond donors (Lipinski definition) is 6. The number of aromatic nitrogens is 16. The van der Waals surface area contributed by atoms with Crippen LogP contribution >= 0.6 is 0 Å². The maximum absolute atomic E-state index is 11.5. The van der Waals surface area contributed by atoms with E-state index in [1.54, 1.807) is 45.9 Å². The summed E-state index contributed by atoms with van der Waals surface area (Å²) in [5.41, 5.74) is 17.5. The number of benzene rings is 1. The van der Waals surface area contributed by atoms with Crippen molar-refractivity contribution in [2.24, 2.45) is 14.1 Å². The molecule has 0 spiro atoms. The molecule has 0 atom stereocenters. The number of nitrogens with one attached hydrogen (secondary N) is 6. The van der Waals surface area contributed by atoms with E-state index in [4.69, 9.17) is 0 Å². The molecule has 0 saturated carbocycles. The number of anilines is 9. The summed E-state index contributed by atoms with van der Waals surface area (Å²) in [5.74, 6) is 3.72. The third-order valence-electron chi connectivity index (χ3n) is 15.7. The molecule has 1 amide bonds. The Morgan fingerprint density at radius 1 is 0.464 bits per heavy atom. The van der Waals surface area contributed by atoms with Gasteiger partial charge in [0.2, 0.25) is 0 Å². The molecule has 13 aromatic heterocycles. The molecule has 97 heavy (non-hydrogen) atoms. The van der Waals surface area contributed by atoms with Gasteiger partial charge in [-0.2, -0.15) is 15.3 Å². The quantitative estimate of drug-likeness (QED) is 0.0557. The van der Waals surface area contributed by atoms with E-state index in [0.29, 0.717) is 40.2 Å². The first-order valence-corrected chi connectivity index (χ1v) is 33.9. The van der Waals surface area contributed by atoms with Gasteiger partial charge in [-0.1, -0.05) is 69.2 Å². The summed E-state index contributed by atoms with van der Waals surface area (Å²) >= 11 is 0. The van der Waals surface area contributed by atoms with Gasteiger partial charge in [0.1, 0.15) is 0 Å². The number of H-pyrrole nitrogens is 1. The highest BCUT2D eigenvalue weighted by Gasteiger charge is 2.17. The van der Waals surface area contributed by atoms with Crippen LogP contribution in [0.1, 0.15) is 133 Å². The molecule has 13 heterocycles. The van der Waals surface area contributed by atoms with E-state index in [2.05, 4.69) is 163 Å². The summed E-state index contributed by atoms with van der Waals surface area (Å²) in [7, 11) is 1.96. The fraction of sp³-hybridized carbons (Fsp3) is 0.282. The molecule has 25 nitrogen and oxygen atoms in total. The molecule has 14 aromatic rings. The number of nitrogens with zero attached hydrogens (tertiary/aromatic N) is 15. The van der Waals surface area contributed by atoms with Crippen LogP contribution in [0.4, 0.5) is 56.2 Å². The van der Waals surface area contributed by atoms with E-state index in [9.17, 15) is 13.2 Å². The number of amides is 1. The molecule has 0 radical (unpaired) electrons. The van der Waals surface area contributed by atoms with Crippen molar-refractivity contribution >= 4 is 95.6 Å². The maximum atomic E-state index is 11.5. The molecule has 0 aliphatic heterocycles. The Morgan fingerprint density at radius 2 is 0.835 bits per heavy atom. The van der Waals surface area contributed by atoms with Crippen molar-refractivity contribution in [3.8, 4) is 0 Å². The largest absolute Gasteiger partial charge is 0.453 e. The minimum absolute atomic E-state index is 0.309. The summed E-state index contributed by atoms with van der Waals surface area (Å²) in [6, 6.07) is 30.3. The predicted octanol–water partition coefficient (Wildman–Crippen LogP) is 15.3. The molecule has 0 aliphatic rings. The Balaban J connectivity index is 0.000000132. The summed E-state index contributed by atoms with van der Waals surface area (Å²) in [6.45, 7) is 23.5. The predicted molar refractivity (Wildman–Crippen MR) is 385 cm³/mol. The first-order valence-electron chi connectivity index (χ1n) is 32.0. The Labute approximate surface area is 564 Å². The number of aromatic amines is 1. The Morgan fingerprint density at radius 3 is 1.16 bits per heavy atom. The highest BCUT2D eigenvalue weighted by Crippen LogP contribution is 2.30. The zero-order chi connectivity index (χ0) is 69.2. The van der Waals surface area contributed by atoms with Crippen LogP contribution in [0, 0.1) is 6.92 Å². The fourth-order valence-corrected chi connectivity index (χ4v) is 11.4. The summed E-state index contributed by atoms with van der Waals surface area (Å²) < 4.78 is 41.5. The molecule has 0 bridgehead atoms. The van der Waals surface area contributed by atoms with Crippen molar-refractivity contribution in [2.45, 2.75) is 111 Å². The first kappa shape index (κ1) is 68.6. The number of methoxy groups -OCH3 is 1. The Hall–Kier alpha value is -11.3. The average Bonchev–Trinajstić information content (AvgIpc) is 1.71. The highest BCUT2D eigenvalue weighted by atomic mass is 32.2. The van der Waals surface area contributed by atoms with E-state index in [0.717, 1.165) is 91.1 Å². The van der Waals surface area contributed by atoms with E-state index in [1.165, 1.54) is 30.4 Å². The monoisotopic (exact) mass is 1330 g/mol. The van der Waals surface area contributed by atoms with Crippen molar-refractivity contribution < 1.29 is 17.9 Å². The number of carbonyl (C=O) groups excluding carboxylic acids is 1. The van der Waals surface area contributed by atoms with Gasteiger partial charge < -0.3 is 48.0 Å².